The predicted molar refractivity (Wildman–Crippen MR) is 101 cm³/mol. The van der Waals surface area contributed by atoms with Gasteiger partial charge in [-0.2, -0.15) is 0 Å². The highest BCUT2D eigenvalue weighted by Gasteiger charge is 2.33. The monoisotopic (exact) mass is 374 g/mol. The van der Waals surface area contributed by atoms with Crippen LogP contribution in [0, 0.1) is 6.92 Å². The number of ether oxygens (including phenoxy) is 2. The molecular formula is C19H22N2O4S. The number of hydrogen-bond acceptors (Lipinski definition) is 5. The molecule has 1 aliphatic heterocycles. The maximum absolute atomic E-state index is 12.3. The Kier molecular flexibility index (Phi) is 4.93. The molecule has 2 aromatic carbocycles. The van der Waals surface area contributed by atoms with Crippen LogP contribution in [0.4, 0.5) is 0 Å². The number of benzene rings is 2. The Morgan fingerprint density at radius 2 is 1.65 bits per heavy atom. The van der Waals surface area contributed by atoms with Crippen molar-refractivity contribution in [3.05, 3.63) is 65.2 Å². The van der Waals surface area contributed by atoms with E-state index in [9.17, 15) is 8.42 Å². The van der Waals surface area contributed by atoms with Crippen molar-refractivity contribution in [1.82, 2.24) is 9.84 Å². The van der Waals surface area contributed by atoms with Gasteiger partial charge in [0, 0.05) is 5.56 Å². The molecule has 0 bridgehead atoms. The van der Waals surface area contributed by atoms with E-state index in [1.54, 1.807) is 20.3 Å². The second kappa shape index (κ2) is 7.01. The number of sulfonamides is 1. The molecule has 138 valence electrons. The molecule has 26 heavy (non-hydrogen) atoms. The Hall–Kier alpha value is -2.51. The molecular weight excluding hydrogens is 352 g/mol. The van der Waals surface area contributed by atoms with Crippen LogP contribution in [0.25, 0.3) is 5.70 Å². The highest BCUT2D eigenvalue weighted by molar-refractivity contribution is 7.88. The Morgan fingerprint density at radius 3 is 2.23 bits per heavy atom. The van der Waals surface area contributed by atoms with Crippen LogP contribution in [0.5, 0.6) is 11.5 Å². The summed E-state index contributed by atoms with van der Waals surface area (Å²) in [6, 6.07) is 12.9. The molecule has 0 radical (unpaired) electrons. The van der Waals surface area contributed by atoms with Crippen molar-refractivity contribution in [3.8, 4) is 11.5 Å². The van der Waals surface area contributed by atoms with E-state index in [1.165, 1.54) is 10.7 Å². The largest absolute Gasteiger partial charge is 0.493 e. The molecule has 0 fully saturated rings. The van der Waals surface area contributed by atoms with Crippen LogP contribution in [-0.4, -0.2) is 33.3 Å². The summed E-state index contributed by atoms with van der Waals surface area (Å²) in [5.41, 5.74) is 6.53. The van der Waals surface area contributed by atoms with E-state index in [2.05, 4.69) is 5.43 Å². The summed E-state index contributed by atoms with van der Waals surface area (Å²) in [5, 5.41) is 0. The topological polar surface area (TPSA) is 67.9 Å². The molecule has 2 aromatic rings. The molecule has 0 aromatic heterocycles. The Bertz CT molecular complexity index is 937. The number of hydrazine groups is 1. The molecule has 0 aliphatic carbocycles. The summed E-state index contributed by atoms with van der Waals surface area (Å²) in [6.07, 6.45) is 3.08. The van der Waals surface area contributed by atoms with Gasteiger partial charge in [-0.25, -0.2) is 8.42 Å². The molecule has 0 saturated carbocycles. The fourth-order valence-electron chi connectivity index (χ4n) is 2.90. The third-order valence-electron chi connectivity index (χ3n) is 4.28. The fourth-order valence-corrected chi connectivity index (χ4v) is 3.76. The fraction of sp³-hybridized carbons (Fsp3) is 0.263. The average molecular weight is 374 g/mol. The first-order valence-corrected chi connectivity index (χ1v) is 9.95. The molecule has 0 unspecified atom stereocenters. The third kappa shape index (κ3) is 3.54. The highest BCUT2D eigenvalue weighted by Crippen LogP contribution is 2.36. The van der Waals surface area contributed by atoms with Gasteiger partial charge in [0.2, 0.25) is 10.0 Å². The lowest BCUT2D eigenvalue weighted by atomic mass is 10.0. The van der Waals surface area contributed by atoms with E-state index >= 15 is 0 Å². The minimum Gasteiger partial charge on any atom is -0.493 e. The first-order chi connectivity index (χ1) is 12.3. The van der Waals surface area contributed by atoms with Crippen LogP contribution >= 0.6 is 0 Å². The summed E-state index contributed by atoms with van der Waals surface area (Å²) in [5.74, 6) is 1.20. The molecule has 6 nitrogen and oxygen atoms in total. The second-order valence-corrected chi connectivity index (χ2v) is 8.04. The van der Waals surface area contributed by atoms with Crippen LogP contribution in [0.15, 0.2) is 48.5 Å². The van der Waals surface area contributed by atoms with Crippen molar-refractivity contribution < 1.29 is 17.9 Å². The van der Waals surface area contributed by atoms with Crippen molar-refractivity contribution in [2.45, 2.75) is 13.0 Å². The zero-order chi connectivity index (χ0) is 18.9. The van der Waals surface area contributed by atoms with E-state index in [0.717, 1.165) is 16.7 Å². The SMILES string of the molecule is COc1ccc(C2=C[C@@H](c3ccc(C)cc3)N(S(C)(=O)=O)N2)cc1OC. The molecule has 0 spiro atoms. The maximum atomic E-state index is 12.3. The van der Waals surface area contributed by atoms with E-state index in [0.29, 0.717) is 17.2 Å². The van der Waals surface area contributed by atoms with Gasteiger partial charge < -0.3 is 14.9 Å². The van der Waals surface area contributed by atoms with Crippen molar-refractivity contribution in [3.63, 3.8) is 0 Å². The number of nitrogens with one attached hydrogen (secondary N) is 1. The van der Waals surface area contributed by atoms with Crippen molar-refractivity contribution in [2.75, 3.05) is 20.5 Å². The van der Waals surface area contributed by atoms with Crippen molar-refractivity contribution >= 4 is 15.7 Å². The number of nitrogens with zero attached hydrogens (tertiary/aromatic N) is 1. The molecule has 1 aliphatic rings. The van der Waals surface area contributed by atoms with Gasteiger partial charge in [-0.15, -0.1) is 4.41 Å². The van der Waals surface area contributed by atoms with Crippen LogP contribution in [0.3, 0.4) is 0 Å². The van der Waals surface area contributed by atoms with Crippen molar-refractivity contribution in [1.29, 1.82) is 0 Å². The molecule has 1 N–H and O–H groups in total. The average Bonchev–Trinajstić information content (AvgIpc) is 3.07. The van der Waals surface area contributed by atoms with Crippen LogP contribution < -0.4 is 14.9 Å². The van der Waals surface area contributed by atoms with Gasteiger partial charge in [-0.05, 0) is 36.8 Å². The van der Waals surface area contributed by atoms with Crippen LogP contribution in [-0.2, 0) is 10.0 Å². The molecule has 1 atom stereocenters. The number of methoxy groups -OCH3 is 2. The normalized spacial score (nSPS) is 17.5. The second-order valence-electron chi connectivity index (χ2n) is 6.18. The van der Waals surface area contributed by atoms with Gasteiger partial charge >= 0.3 is 0 Å². The lowest BCUT2D eigenvalue weighted by molar-refractivity contribution is 0.350. The standard InChI is InChI=1S/C19H22N2O4S/c1-13-5-7-14(8-6-13)17-12-16(20-21(17)26(4,22)23)15-9-10-18(24-2)19(11-15)25-3/h5-12,17,20H,1-4H3/t17-/m0/s1. The first-order valence-electron chi connectivity index (χ1n) is 8.10. The van der Waals surface area contributed by atoms with Gasteiger partial charge in [0.05, 0.1) is 32.2 Å². The van der Waals surface area contributed by atoms with Gasteiger partial charge in [-0.1, -0.05) is 29.8 Å². The minimum absolute atomic E-state index is 0.423. The van der Waals surface area contributed by atoms with E-state index in [1.807, 2.05) is 49.4 Å². The summed E-state index contributed by atoms with van der Waals surface area (Å²) in [6.45, 7) is 2.00. The van der Waals surface area contributed by atoms with Crippen molar-refractivity contribution in [2.24, 2.45) is 0 Å². The molecule has 7 heteroatoms. The van der Waals surface area contributed by atoms with Gasteiger partial charge in [-0.3, -0.25) is 0 Å². The summed E-state index contributed by atoms with van der Waals surface area (Å²) < 4.78 is 36.4. The van der Waals surface area contributed by atoms with Gasteiger partial charge in [0.15, 0.2) is 11.5 Å². The molecule has 0 amide bonds. The smallest absolute Gasteiger partial charge is 0.228 e. The van der Waals surface area contributed by atoms with Gasteiger partial charge in [0.1, 0.15) is 0 Å². The predicted octanol–water partition coefficient (Wildman–Crippen LogP) is 2.87. The zero-order valence-corrected chi connectivity index (χ0v) is 16.0. The summed E-state index contributed by atoms with van der Waals surface area (Å²) in [4.78, 5) is 0. The lowest BCUT2D eigenvalue weighted by Crippen LogP contribution is -2.38. The Balaban J connectivity index is 2.03. The Labute approximate surface area is 154 Å². The lowest BCUT2D eigenvalue weighted by Gasteiger charge is -2.23. The van der Waals surface area contributed by atoms with Crippen LogP contribution in [0.1, 0.15) is 22.7 Å². The van der Waals surface area contributed by atoms with Gasteiger partial charge in [0.25, 0.3) is 0 Å². The zero-order valence-electron chi connectivity index (χ0n) is 15.2. The number of aryl methyl sites for hydroxylation is 1. The molecule has 3 rings (SSSR count). The quantitative estimate of drug-likeness (QED) is 0.872. The highest BCUT2D eigenvalue weighted by atomic mass is 32.2. The third-order valence-corrected chi connectivity index (χ3v) is 5.31. The first kappa shape index (κ1) is 18.3. The van der Waals surface area contributed by atoms with E-state index < -0.39 is 16.1 Å². The molecule has 1 heterocycles. The van der Waals surface area contributed by atoms with Crippen LogP contribution in [0.2, 0.25) is 0 Å². The van der Waals surface area contributed by atoms with E-state index in [-0.39, 0.29) is 0 Å². The number of hydrogen-bond donors (Lipinski definition) is 1. The minimum atomic E-state index is -3.47. The summed E-state index contributed by atoms with van der Waals surface area (Å²) >= 11 is 0. The Morgan fingerprint density at radius 1 is 1.00 bits per heavy atom. The maximum Gasteiger partial charge on any atom is 0.228 e. The summed E-state index contributed by atoms with van der Waals surface area (Å²) in [7, 11) is -0.327. The number of rotatable bonds is 5. The van der Waals surface area contributed by atoms with E-state index in [4.69, 9.17) is 9.47 Å². The molecule has 0 saturated heterocycles.